The van der Waals surface area contributed by atoms with Crippen LogP contribution in [-0.2, 0) is 4.79 Å². The highest BCUT2D eigenvalue weighted by atomic mass is 16.4. The highest BCUT2D eigenvalue weighted by Crippen LogP contribution is 2.11. The lowest BCUT2D eigenvalue weighted by molar-refractivity contribution is -0.146. The minimum atomic E-state index is -1.59. The SMILES string of the molecule is CN(C)c1ccc(C(=O)NCC(O)C(=O)O)cc1. The van der Waals surface area contributed by atoms with Crippen molar-refractivity contribution in [2.24, 2.45) is 0 Å². The van der Waals surface area contributed by atoms with E-state index < -0.39 is 18.0 Å². The molecule has 1 aromatic rings. The first-order chi connectivity index (χ1) is 8.41. The van der Waals surface area contributed by atoms with Crippen LogP contribution in [0.5, 0.6) is 0 Å². The molecular weight excluding hydrogens is 236 g/mol. The third-order valence-corrected chi connectivity index (χ3v) is 2.39. The fourth-order valence-electron chi connectivity index (χ4n) is 1.29. The first-order valence-electron chi connectivity index (χ1n) is 5.38. The number of anilines is 1. The molecule has 0 saturated heterocycles. The molecule has 0 saturated carbocycles. The van der Waals surface area contributed by atoms with Gasteiger partial charge >= 0.3 is 5.97 Å². The molecule has 0 aliphatic rings. The van der Waals surface area contributed by atoms with Gasteiger partial charge in [-0.1, -0.05) is 0 Å². The van der Waals surface area contributed by atoms with Gasteiger partial charge in [0, 0.05) is 25.3 Å². The Labute approximate surface area is 105 Å². The summed E-state index contributed by atoms with van der Waals surface area (Å²) in [7, 11) is 3.77. The number of aliphatic hydroxyl groups is 1. The van der Waals surface area contributed by atoms with Crippen LogP contribution in [0.15, 0.2) is 24.3 Å². The number of carboxylic acids is 1. The number of amides is 1. The van der Waals surface area contributed by atoms with Gasteiger partial charge in [-0.3, -0.25) is 4.79 Å². The molecule has 1 rings (SSSR count). The molecule has 0 spiro atoms. The van der Waals surface area contributed by atoms with Crippen molar-refractivity contribution >= 4 is 17.6 Å². The van der Waals surface area contributed by atoms with E-state index in [0.717, 1.165) is 5.69 Å². The number of carbonyl (C=O) groups is 2. The number of nitrogens with one attached hydrogen (secondary N) is 1. The van der Waals surface area contributed by atoms with Gasteiger partial charge in [0.1, 0.15) is 0 Å². The Hall–Kier alpha value is -2.08. The van der Waals surface area contributed by atoms with Crippen LogP contribution in [0, 0.1) is 0 Å². The monoisotopic (exact) mass is 252 g/mol. The molecular formula is C12H16N2O4. The number of aliphatic carboxylic acids is 1. The van der Waals surface area contributed by atoms with E-state index in [1.54, 1.807) is 24.3 Å². The lowest BCUT2D eigenvalue weighted by atomic mass is 10.2. The Balaban J connectivity index is 2.59. The Kier molecular flexibility index (Phi) is 4.67. The van der Waals surface area contributed by atoms with Crippen LogP contribution < -0.4 is 10.2 Å². The topological polar surface area (TPSA) is 89.9 Å². The summed E-state index contributed by atoms with van der Waals surface area (Å²) in [5.41, 5.74) is 1.37. The van der Waals surface area contributed by atoms with Gasteiger partial charge in [0.15, 0.2) is 6.10 Å². The second-order valence-electron chi connectivity index (χ2n) is 4.01. The summed E-state index contributed by atoms with van der Waals surface area (Å²) in [6.07, 6.45) is -1.59. The second kappa shape index (κ2) is 6.02. The summed E-state index contributed by atoms with van der Waals surface area (Å²) in [6, 6.07) is 6.83. The molecule has 0 aliphatic carbocycles. The van der Waals surface area contributed by atoms with Crippen molar-refractivity contribution in [2.45, 2.75) is 6.10 Å². The molecule has 1 aromatic carbocycles. The molecule has 98 valence electrons. The van der Waals surface area contributed by atoms with Crippen LogP contribution in [0.25, 0.3) is 0 Å². The number of carbonyl (C=O) groups excluding carboxylic acids is 1. The molecule has 1 amide bonds. The van der Waals surface area contributed by atoms with Crippen molar-refractivity contribution in [3.63, 3.8) is 0 Å². The maximum absolute atomic E-state index is 11.6. The van der Waals surface area contributed by atoms with E-state index in [4.69, 9.17) is 10.2 Å². The van der Waals surface area contributed by atoms with E-state index >= 15 is 0 Å². The molecule has 3 N–H and O–H groups in total. The van der Waals surface area contributed by atoms with Gasteiger partial charge in [0.2, 0.25) is 0 Å². The predicted octanol–water partition coefficient (Wildman–Crippen LogP) is -0.0721. The minimum Gasteiger partial charge on any atom is -0.479 e. The quantitative estimate of drug-likeness (QED) is 0.682. The molecule has 0 fully saturated rings. The third kappa shape index (κ3) is 3.74. The van der Waals surface area contributed by atoms with Crippen LogP contribution in [0.1, 0.15) is 10.4 Å². The average Bonchev–Trinajstić information content (AvgIpc) is 2.35. The first-order valence-corrected chi connectivity index (χ1v) is 5.38. The van der Waals surface area contributed by atoms with Crippen LogP contribution in [0.4, 0.5) is 5.69 Å². The van der Waals surface area contributed by atoms with Crippen molar-refractivity contribution in [2.75, 3.05) is 25.5 Å². The summed E-state index contributed by atoms with van der Waals surface area (Å²) < 4.78 is 0. The predicted molar refractivity (Wildman–Crippen MR) is 66.7 cm³/mol. The van der Waals surface area contributed by atoms with Gasteiger partial charge in [-0.25, -0.2) is 4.79 Å². The van der Waals surface area contributed by atoms with Gasteiger partial charge in [-0.15, -0.1) is 0 Å². The zero-order valence-electron chi connectivity index (χ0n) is 10.3. The third-order valence-electron chi connectivity index (χ3n) is 2.39. The Bertz CT molecular complexity index is 428. The summed E-state index contributed by atoms with van der Waals surface area (Å²) in [5.74, 6) is -1.78. The average molecular weight is 252 g/mol. The molecule has 0 radical (unpaired) electrons. The smallest absolute Gasteiger partial charge is 0.334 e. The van der Waals surface area contributed by atoms with Crippen molar-refractivity contribution in [3.8, 4) is 0 Å². The highest BCUT2D eigenvalue weighted by Gasteiger charge is 2.14. The molecule has 0 aliphatic heterocycles. The van der Waals surface area contributed by atoms with Gasteiger partial charge in [-0.2, -0.15) is 0 Å². The summed E-state index contributed by atoms with van der Waals surface area (Å²) >= 11 is 0. The number of nitrogens with zero attached hydrogens (tertiary/aromatic N) is 1. The lowest BCUT2D eigenvalue weighted by Crippen LogP contribution is -2.36. The Morgan fingerprint density at radius 3 is 2.28 bits per heavy atom. The molecule has 1 unspecified atom stereocenters. The van der Waals surface area contributed by atoms with Gasteiger partial charge in [0.05, 0.1) is 6.54 Å². The summed E-state index contributed by atoms with van der Waals surface area (Å²) in [6.45, 7) is -0.316. The highest BCUT2D eigenvalue weighted by molar-refractivity contribution is 5.94. The molecule has 0 heterocycles. The fraction of sp³-hybridized carbons (Fsp3) is 0.333. The molecule has 1 atom stereocenters. The largest absolute Gasteiger partial charge is 0.479 e. The number of hydrogen-bond donors (Lipinski definition) is 3. The maximum Gasteiger partial charge on any atom is 0.334 e. The minimum absolute atomic E-state index is 0.316. The van der Waals surface area contributed by atoms with Gasteiger partial charge in [-0.05, 0) is 24.3 Å². The number of rotatable bonds is 5. The van der Waals surface area contributed by atoms with Crippen molar-refractivity contribution < 1.29 is 19.8 Å². The normalized spacial score (nSPS) is 11.7. The van der Waals surface area contributed by atoms with E-state index in [2.05, 4.69) is 5.32 Å². The number of benzene rings is 1. The van der Waals surface area contributed by atoms with Crippen LogP contribution >= 0.6 is 0 Å². The summed E-state index contributed by atoms with van der Waals surface area (Å²) in [4.78, 5) is 23.9. The van der Waals surface area contributed by atoms with Crippen LogP contribution in [0.2, 0.25) is 0 Å². The zero-order chi connectivity index (χ0) is 13.7. The standard InChI is InChI=1S/C12H16N2O4/c1-14(2)9-5-3-8(4-6-9)11(16)13-7-10(15)12(17)18/h3-6,10,15H,7H2,1-2H3,(H,13,16)(H,17,18). The second-order valence-corrected chi connectivity index (χ2v) is 4.01. The van der Waals surface area contributed by atoms with Crippen molar-refractivity contribution in [3.05, 3.63) is 29.8 Å². The summed E-state index contributed by atoms with van der Waals surface area (Å²) in [5, 5.41) is 19.8. The lowest BCUT2D eigenvalue weighted by Gasteiger charge is -2.13. The van der Waals surface area contributed by atoms with E-state index in [-0.39, 0.29) is 6.54 Å². The molecule has 18 heavy (non-hydrogen) atoms. The Morgan fingerprint density at radius 1 is 1.28 bits per heavy atom. The van der Waals surface area contributed by atoms with E-state index in [1.165, 1.54) is 0 Å². The fourth-order valence-corrected chi connectivity index (χ4v) is 1.29. The van der Waals surface area contributed by atoms with Crippen LogP contribution in [0.3, 0.4) is 0 Å². The molecule has 6 nitrogen and oxygen atoms in total. The van der Waals surface area contributed by atoms with Crippen molar-refractivity contribution in [1.29, 1.82) is 0 Å². The van der Waals surface area contributed by atoms with E-state index in [1.807, 2.05) is 19.0 Å². The Morgan fingerprint density at radius 2 is 1.83 bits per heavy atom. The number of aliphatic hydroxyl groups excluding tert-OH is 1. The van der Waals surface area contributed by atoms with E-state index in [0.29, 0.717) is 5.56 Å². The van der Waals surface area contributed by atoms with E-state index in [9.17, 15) is 9.59 Å². The van der Waals surface area contributed by atoms with Crippen molar-refractivity contribution in [1.82, 2.24) is 5.32 Å². The maximum atomic E-state index is 11.6. The van der Waals surface area contributed by atoms with Gasteiger partial charge < -0.3 is 20.4 Å². The molecule has 6 heteroatoms. The molecule has 0 bridgehead atoms. The van der Waals surface area contributed by atoms with Gasteiger partial charge in [0.25, 0.3) is 5.91 Å². The first kappa shape index (κ1) is 14.0. The zero-order valence-corrected chi connectivity index (χ0v) is 10.3. The molecule has 0 aromatic heterocycles. The van der Waals surface area contributed by atoms with Crippen LogP contribution in [-0.4, -0.2) is 48.8 Å². The number of carboxylic acid groups (broad SMARTS) is 1. The number of hydrogen-bond acceptors (Lipinski definition) is 4.